The van der Waals surface area contributed by atoms with E-state index in [2.05, 4.69) is 19.1 Å². The summed E-state index contributed by atoms with van der Waals surface area (Å²) in [5.41, 5.74) is 2.86. The molecule has 0 bridgehead atoms. The van der Waals surface area contributed by atoms with Crippen LogP contribution in [0.25, 0.3) is 6.08 Å². The molecule has 2 aromatic carbocycles. The Balaban J connectivity index is 1.80. The van der Waals surface area contributed by atoms with Crippen molar-refractivity contribution in [2.45, 2.75) is 58.5 Å². The summed E-state index contributed by atoms with van der Waals surface area (Å²) in [6.07, 6.45) is 4.08. The van der Waals surface area contributed by atoms with Gasteiger partial charge in [-0.05, 0) is 63.3 Å². The number of benzene rings is 2. The Morgan fingerprint density at radius 3 is 2.57 bits per heavy atom. The smallest absolute Gasteiger partial charge is 0.455 e. The Labute approximate surface area is 183 Å². The molecular formula is C25H29ClO4. The molecule has 0 amide bonds. The van der Waals surface area contributed by atoms with E-state index < -0.39 is 11.8 Å². The van der Waals surface area contributed by atoms with Crippen LogP contribution in [-0.4, -0.2) is 18.4 Å². The van der Waals surface area contributed by atoms with Gasteiger partial charge in [0.2, 0.25) is 0 Å². The molecule has 0 aromatic heterocycles. The highest BCUT2D eigenvalue weighted by atomic mass is 35.5. The minimum atomic E-state index is -0.637. The van der Waals surface area contributed by atoms with Gasteiger partial charge in [0.25, 0.3) is 0 Å². The van der Waals surface area contributed by atoms with E-state index in [-0.39, 0.29) is 6.61 Å². The highest BCUT2D eigenvalue weighted by Gasteiger charge is 2.22. The summed E-state index contributed by atoms with van der Waals surface area (Å²) >= 11 is 6.53. The fourth-order valence-electron chi connectivity index (χ4n) is 3.45. The topological polar surface area (TPSA) is 44.8 Å². The zero-order valence-corrected chi connectivity index (χ0v) is 18.8. The molecule has 1 unspecified atom stereocenters. The van der Waals surface area contributed by atoms with E-state index in [9.17, 15) is 4.79 Å². The third kappa shape index (κ3) is 6.02. The van der Waals surface area contributed by atoms with Crippen LogP contribution in [0.4, 0.5) is 4.79 Å². The first-order chi connectivity index (χ1) is 14.2. The molecule has 160 valence electrons. The molecule has 0 aliphatic heterocycles. The first kappa shape index (κ1) is 22.2. The monoisotopic (exact) mass is 428 g/mol. The van der Waals surface area contributed by atoms with Crippen LogP contribution in [-0.2, 0) is 9.47 Å². The summed E-state index contributed by atoms with van der Waals surface area (Å²) < 4.78 is 16.7. The number of hydrogen-bond donors (Lipinski definition) is 0. The molecule has 0 heterocycles. The number of halogens is 1. The Morgan fingerprint density at radius 2 is 1.87 bits per heavy atom. The van der Waals surface area contributed by atoms with Crippen molar-refractivity contribution >= 4 is 23.8 Å². The number of fused-ring (bicyclic) bond motifs is 1. The van der Waals surface area contributed by atoms with Crippen LogP contribution in [0.3, 0.4) is 0 Å². The molecule has 0 N–H and O–H groups in total. The minimum Gasteiger partial charge on any atom is -0.455 e. The predicted octanol–water partition coefficient (Wildman–Crippen LogP) is 7.75. The normalized spacial score (nSPS) is 16.2. The molecule has 5 heteroatoms. The number of carbonyl (C=O) groups excluding carboxylic acids is 1. The fraction of sp³-hybridized carbons (Fsp3) is 0.400. The maximum atomic E-state index is 11.8. The first-order valence-electron chi connectivity index (χ1n) is 10.3. The largest absolute Gasteiger partial charge is 0.508 e. The molecular weight excluding hydrogens is 400 g/mol. The van der Waals surface area contributed by atoms with E-state index in [4.69, 9.17) is 25.8 Å². The lowest BCUT2D eigenvalue weighted by Gasteiger charge is -2.19. The van der Waals surface area contributed by atoms with Crippen LogP contribution in [0.1, 0.15) is 64.0 Å². The predicted molar refractivity (Wildman–Crippen MR) is 120 cm³/mol. The van der Waals surface area contributed by atoms with Crippen molar-refractivity contribution in [1.82, 2.24) is 0 Å². The summed E-state index contributed by atoms with van der Waals surface area (Å²) in [4.78, 5) is 11.8. The fourth-order valence-corrected chi connectivity index (χ4v) is 3.66. The Morgan fingerprint density at radius 1 is 1.13 bits per heavy atom. The number of hydrogen-bond acceptors (Lipinski definition) is 4. The third-order valence-electron chi connectivity index (χ3n) is 4.96. The summed E-state index contributed by atoms with van der Waals surface area (Å²) in [6.45, 7) is 7.95. The maximum Gasteiger partial charge on any atom is 0.508 e. The molecule has 1 aliphatic rings. The zero-order chi connectivity index (χ0) is 21.7. The number of carbonyl (C=O) groups is 1. The van der Waals surface area contributed by atoms with Crippen LogP contribution in [0.5, 0.6) is 11.5 Å². The summed E-state index contributed by atoms with van der Waals surface area (Å²) in [6, 6.07) is 13.6. The van der Waals surface area contributed by atoms with Gasteiger partial charge in [0.15, 0.2) is 5.75 Å². The summed E-state index contributed by atoms with van der Waals surface area (Å²) in [5.74, 6) is 1.78. The highest BCUT2D eigenvalue weighted by molar-refractivity contribution is 6.32. The van der Waals surface area contributed by atoms with Crippen LogP contribution in [0, 0.1) is 0 Å². The Hall–Kier alpha value is -2.46. The second kappa shape index (κ2) is 9.57. The van der Waals surface area contributed by atoms with Crippen molar-refractivity contribution in [3.05, 3.63) is 64.2 Å². The first-order valence-corrected chi connectivity index (χ1v) is 10.7. The van der Waals surface area contributed by atoms with Gasteiger partial charge in [0, 0.05) is 12.0 Å². The molecule has 4 nitrogen and oxygen atoms in total. The Bertz CT molecular complexity index is 913. The lowest BCUT2D eigenvalue weighted by molar-refractivity contribution is -0.00666. The average molecular weight is 429 g/mol. The van der Waals surface area contributed by atoms with Gasteiger partial charge in [-0.2, -0.15) is 0 Å². The van der Waals surface area contributed by atoms with E-state index in [0.717, 1.165) is 24.2 Å². The zero-order valence-electron chi connectivity index (χ0n) is 18.0. The second-order valence-electron chi connectivity index (χ2n) is 8.60. The second-order valence-corrected chi connectivity index (χ2v) is 9.01. The van der Waals surface area contributed by atoms with Crippen molar-refractivity contribution in [3.63, 3.8) is 0 Å². The summed E-state index contributed by atoms with van der Waals surface area (Å²) in [5, 5.41) is 0.576. The molecule has 1 atom stereocenters. The average Bonchev–Trinajstić information content (AvgIpc) is 2.83. The molecule has 30 heavy (non-hydrogen) atoms. The molecule has 0 saturated carbocycles. The van der Waals surface area contributed by atoms with E-state index in [1.807, 2.05) is 57.2 Å². The number of ether oxygens (including phenoxy) is 3. The molecule has 1 aliphatic carbocycles. The number of rotatable bonds is 5. The SMILES string of the molecule is CC1CCC(CCOC(=O)OC(C)(C)C)=Cc2c1ccc(Cl)c2Oc1ccccc1. The van der Waals surface area contributed by atoms with E-state index in [0.29, 0.717) is 23.1 Å². The molecule has 3 rings (SSSR count). The van der Waals surface area contributed by atoms with Crippen LogP contribution in [0.15, 0.2) is 48.0 Å². The maximum absolute atomic E-state index is 11.8. The van der Waals surface area contributed by atoms with Gasteiger partial charge in [-0.15, -0.1) is 0 Å². The van der Waals surface area contributed by atoms with Gasteiger partial charge in [0.1, 0.15) is 11.4 Å². The van der Waals surface area contributed by atoms with E-state index in [1.165, 1.54) is 11.1 Å². The van der Waals surface area contributed by atoms with E-state index >= 15 is 0 Å². The molecule has 0 radical (unpaired) electrons. The minimum absolute atomic E-state index is 0.278. The van der Waals surface area contributed by atoms with Crippen LogP contribution < -0.4 is 4.74 Å². The van der Waals surface area contributed by atoms with Crippen molar-refractivity contribution in [2.75, 3.05) is 6.61 Å². The molecule has 2 aromatic rings. The van der Waals surface area contributed by atoms with E-state index in [1.54, 1.807) is 0 Å². The van der Waals surface area contributed by atoms with Gasteiger partial charge in [0.05, 0.1) is 11.6 Å². The molecule has 0 fully saturated rings. The van der Waals surface area contributed by atoms with Gasteiger partial charge in [-0.3, -0.25) is 0 Å². The molecule has 0 saturated heterocycles. The van der Waals surface area contributed by atoms with Gasteiger partial charge >= 0.3 is 6.16 Å². The lowest BCUT2D eigenvalue weighted by atomic mass is 9.94. The van der Waals surface area contributed by atoms with Crippen LogP contribution >= 0.6 is 11.6 Å². The quantitative estimate of drug-likeness (QED) is 0.456. The molecule has 0 spiro atoms. The van der Waals surface area contributed by atoms with Gasteiger partial charge in [-0.1, -0.05) is 54.4 Å². The van der Waals surface area contributed by atoms with Gasteiger partial charge < -0.3 is 14.2 Å². The van der Waals surface area contributed by atoms with Gasteiger partial charge in [-0.25, -0.2) is 4.79 Å². The standard InChI is InChI=1S/C25H29ClO4/c1-17-10-11-18(14-15-28-24(27)30-25(2,3)4)16-21-20(17)12-13-22(26)23(21)29-19-8-6-5-7-9-19/h5-9,12-13,16-17H,10-11,14-15H2,1-4H3. The van der Waals surface area contributed by atoms with Crippen molar-refractivity contribution in [2.24, 2.45) is 0 Å². The van der Waals surface area contributed by atoms with Crippen LogP contribution in [0.2, 0.25) is 5.02 Å². The summed E-state index contributed by atoms with van der Waals surface area (Å²) in [7, 11) is 0. The van der Waals surface area contributed by atoms with Crippen molar-refractivity contribution < 1.29 is 19.0 Å². The van der Waals surface area contributed by atoms with Crippen molar-refractivity contribution in [3.8, 4) is 11.5 Å². The van der Waals surface area contributed by atoms with Crippen molar-refractivity contribution in [1.29, 1.82) is 0 Å². The Kier molecular flexibility index (Phi) is 7.09. The number of para-hydroxylation sites is 1. The lowest BCUT2D eigenvalue weighted by Crippen LogP contribution is -2.24. The highest BCUT2D eigenvalue weighted by Crippen LogP contribution is 2.42. The third-order valence-corrected chi connectivity index (χ3v) is 5.25.